The van der Waals surface area contributed by atoms with Gasteiger partial charge >= 0.3 is 0 Å². The highest BCUT2D eigenvalue weighted by atomic mass is 16.6. The van der Waals surface area contributed by atoms with Gasteiger partial charge in [-0.05, 0) is 25.8 Å². The van der Waals surface area contributed by atoms with E-state index in [0.29, 0.717) is 12.2 Å². The van der Waals surface area contributed by atoms with Gasteiger partial charge in [0.25, 0.3) is 5.69 Å². The molecule has 104 valence electrons. The smallest absolute Gasteiger partial charge is 0.270 e. The lowest BCUT2D eigenvalue weighted by Crippen LogP contribution is -2.38. The van der Waals surface area contributed by atoms with Gasteiger partial charge in [-0.25, -0.2) is 0 Å². The Bertz CT molecular complexity index is 592. The molecule has 6 heteroatoms. The number of nitro benzene ring substituents is 1. The minimum atomic E-state index is -0.515. The van der Waals surface area contributed by atoms with Crippen LogP contribution in [0.5, 0.6) is 0 Å². The van der Waals surface area contributed by atoms with Crippen LogP contribution in [-0.4, -0.2) is 23.8 Å². The first kappa shape index (κ1) is 14.0. The van der Waals surface area contributed by atoms with Crippen LogP contribution in [0.15, 0.2) is 18.2 Å². The van der Waals surface area contributed by atoms with Gasteiger partial charge in [0.15, 0.2) is 0 Å². The zero-order valence-corrected chi connectivity index (χ0v) is 11.2. The lowest BCUT2D eigenvalue weighted by Gasteiger charge is -2.33. The number of hydrogen-bond acceptors (Lipinski definition) is 5. The van der Waals surface area contributed by atoms with Crippen LogP contribution in [0.4, 0.5) is 11.4 Å². The van der Waals surface area contributed by atoms with Gasteiger partial charge in [0.05, 0.1) is 16.2 Å². The second-order valence-corrected chi connectivity index (χ2v) is 4.97. The summed E-state index contributed by atoms with van der Waals surface area (Å²) >= 11 is 0. The van der Waals surface area contributed by atoms with Gasteiger partial charge in [0, 0.05) is 31.1 Å². The van der Waals surface area contributed by atoms with E-state index in [9.17, 15) is 14.9 Å². The Hall–Kier alpha value is -2.42. The number of carbonyl (C=O) groups is 1. The van der Waals surface area contributed by atoms with Gasteiger partial charge in [-0.1, -0.05) is 0 Å². The van der Waals surface area contributed by atoms with E-state index in [4.69, 9.17) is 5.26 Å². The van der Waals surface area contributed by atoms with Crippen molar-refractivity contribution in [3.63, 3.8) is 0 Å². The summed E-state index contributed by atoms with van der Waals surface area (Å²) in [5.41, 5.74) is 0.859. The lowest BCUT2D eigenvalue weighted by molar-refractivity contribution is -0.384. The van der Waals surface area contributed by atoms with Crippen LogP contribution in [0.3, 0.4) is 0 Å². The molecule has 1 saturated heterocycles. The van der Waals surface area contributed by atoms with Gasteiger partial charge in [0.1, 0.15) is 11.9 Å². The predicted molar refractivity (Wildman–Crippen MR) is 73.4 cm³/mol. The van der Waals surface area contributed by atoms with E-state index in [2.05, 4.69) is 0 Å². The first-order valence-corrected chi connectivity index (χ1v) is 6.47. The Morgan fingerprint density at radius 2 is 2.30 bits per heavy atom. The van der Waals surface area contributed by atoms with Gasteiger partial charge in [0.2, 0.25) is 0 Å². The average molecular weight is 273 g/mol. The molecule has 0 aliphatic carbocycles. The summed E-state index contributed by atoms with van der Waals surface area (Å²) in [5, 5.41) is 19.9. The first-order valence-electron chi connectivity index (χ1n) is 6.47. The van der Waals surface area contributed by atoms with Crippen LogP contribution in [0.25, 0.3) is 0 Å². The van der Waals surface area contributed by atoms with E-state index in [0.717, 1.165) is 19.4 Å². The van der Waals surface area contributed by atoms with Crippen molar-refractivity contribution < 1.29 is 9.72 Å². The van der Waals surface area contributed by atoms with Crippen molar-refractivity contribution >= 4 is 17.2 Å². The maximum atomic E-state index is 11.5. The summed E-state index contributed by atoms with van der Waals surface area (Å²) in [6.45, 7) is 2.91. The normalized spacial score (nSPS) is 18.4. The van der Waals surface area contributed by atoms with Crippen molar-refractivity contribution in [3.8, 4) is 6.07 Å². The highest BCUT2D eigenvalue weighted by Crippen LogP contribution is 2.29. The second-order valence-electron chi connectivity index (χ2n) is 4.97. The Morgan fingerprint density at radius 3 is 2.90 bits per heavy atom. The van der Waals surface area contributed by atoms with Crippen molar-refractivity contribution in [2.45, 2.75) is 19.8 Å². The van der Waals surface area contributed by atoms with Crippen LogP contribution in [0.2, 0.25) is 0 Å². The van der Waals surface area contributed by atoms with Crippen LogP contribution in [-0.2, 0) is 4.79 Å². The molecule has 0 bridgehead atoms. The number of Topliss-reactive ketones (excluding diaryl/α,β-unsaturated/α-hetero) is 1. The van der Waals surface area contributed by atoms with E-state index in [1.807, 2.05) is 11.0 Å². The van der Waals surface area contributed by atoms with Crippen LogP contribution in [0.1, 0.15) is 25.3 Å². The fourth-order valence-corrected chi connectivity index (χ4v) is 2.53. The number of carbonyl (C=O) groups excluding carboxylic acids is 1. The fraction of sp³-hybridized carbons (Fsp3) is 0.429. The molecule has 20 heavy (non-hydrogen) atoms. The van der Waals surface area contributed by atoms with Gasteiger partial charge in [-0.2, -0.15) is 5.26 Å². The number of piperidine rings is 1. The van der Waals surface area contributed by atoms with Crippen molar-refractivity contribution in [2.75, 3.05) is 18.0 Å². The fourth-order valence-electron chi connectivity index (χ4n) is 2.53. The minimum Gasteiger partial charge on any atom is -0.370 e. The van der Waals surface area contributed by atoms with E-state index in [1.54, 1.807) is 13.0 Å². The molecule has 0 aromatic heterocycles. The average Bonchev–Trinajstić information content (AvgIpc) is 2.46. The van der Waals surface area contributed by atoms with E-state index < -0.39 is 4.92 Å². The minimum absolute atomic E-state index is 0.0227. The van der Waals surface area contributed by atoms with Crippen LogP contribution >= 0.6 is 0 Å². The third-order valence-corrected chi connectivity index (χ3v) is 3.65. The molecule has 1 unspecified atom stereocenters. The number of ketones is 1. The van der Waals surface area contributed by atoms with Crippen molar-refractivity contribution in [3.05, 3.63) is 33.9 Å². The number of nitrogens with zero attached hydrogens (tertiary/aromatic N) is 3. The molecule has 2 rings (SSSR count). The van der Waals surface area contributed by atoms with Crippen LogP contribution < -0.4 is 4.90 Å². The van der Waals surface area contributed by atoms with Gasteiger partial charge in [-0.15, -0.1) is 0 Å². The molecule has 6 nitrogen and oxygen atoms in total. The Morgan fingerprint density at radius 1 is 1.55 bits per heavy atom. The van der Waals surface area contributed by atoms with Gasteiger partial charge in [-0.3, -0.25) is 14.9 Å². The molecule has 0 radical (unpaired) electrons. The van der Waals surface area contributed by atoms with Crippen molar-refractivity contribution in [1.29, 1.82) is 5.26 Å². The molecule has 0 saturated carbocycles. The molecule has 1 heterocycles. The van der Waals surface area contributed by atoms with E-state index >= 15 is 0 Å². The number of nitriles is 1. The number of nitro groups is 1. The summed E-state index contributed by atoms with van der Waals surface area (Å²) in [4.78, 5) is 23.7. The summed E-state index contributed by atoms with van der Waals surface area (Å²) in [6, 6.07) is 6.28. The summed E-state index contributed by atoms with van der Waals surface area (Å²) in [5.74, 6) is 0.126. The maximum Gasteiger partial charge on any atom is 0.270 e. The van der Waals surface area contributed by atoms with Crippen LogP contribution in [0, 0.1) is 27.4 Å². The molecular weight excluding hydrogens is 258 g/mol. The summed E-state index contributed by atoms with van der Waals surface area (Å²) in [6.07, 6.45) is 1.74. The third-order valence-electron chi connectivity index (χ3n) is 3.65. The van der Waals surface area contributed by atoms with E-state index in [-0.39, 0.29) is 23.0 Å². The largest absolute Gasteiger partial charge is 0.370 e. The highest BCUT2D eigenvalue weighted by Gasteiger charge is 2.25. The Kier molecular flexibility index (Phi) is 3.99. The highest BCUT2D eigenvalue weighted by molar-refractivity contribution is 5.79. The molecule has 1 aromatic rings. The zero-order chi connectivity index (χ0) is 14.7. The number of non-ortho nitro benzene ring substituents is 1. The topological polar surface area (TPSA) is 87.2 Å². The monoisotopic (exact) mass is 273 g/mol. The summed E-state index contributed by atoms with van der Waals surface area (Å²) < 4.78 is 0. The number of hydrogen-bond donors (Lipinski definition) is 0. The Labute approximate surface area is 116 Å². The first-order chi connectivity index (χ1) is 9.52. The molecular formula is C14H15N3O3. The summed E-state index contributed by atoms with van der Waals surface area (Å²) in [7, 11) is 0. The van der Waals surface area contributed by atoms with Crippen molar-refractivity contribution in [1.82, 2.24) is 0 Å². The van der Waals surface area contributed by atoms with Gasteiger partial charge < -0.3 is 4.90 Å². The molecule has 1 aliphatic heterocycles. The molecule has 0 amide bonds. The van der Waals surface area contributed by atoms with E-state index in [1.165, 1.54) is 12.1 Å². The standard InChI is InChI=1S/C14H15N3O3/c1-10(18)11-3-2-6-16(9-11)14-5-4-13(17(19)20)7-12(14)8-15/h4-5,7,11H,2-3,6,9H2,1H3. The lowest BCUT2D eigenvalue weighted by atomic mass is 9.94. The molecule has 0 N–H and O–H groups in total. The third kappa shape index (κ3) is 2.77. The SMILES string of the molecule is CC(=O)C1CCCN(c2ccc([N+](=O)[O-])cc2C#N)C1. The quantitative estimate of drug-likeness (QED) is 0.622. The molecule has 1 aliphatic rings. The predicted octanol–water partition coefficient (Wildman–Crippen LogP) is 2.27. The maximum absolute atomic E-state index is 11.5. The number of anilines is 1. The number of benzene rings is 1. The molecule has 1 aromatic carbocycles. The second kappa shape index (κ2) is 5.70. The van der Waals surface area contributed by atoms with Crippen molar-refractivity contribution in [2.24, 2.45) is 5.92 Å². The zero-order valence-electron chi connectivity index (χ0n) is 11.2. The molecule has 1 fully saturated rings. The number of rotatable bonds is 3. The Balaban J connectivity index is 2.30. The molecule has 0 spiro atoms. The molecule has 1 atom stereocenters.